The molecule has 0 aliphatic carbocycles. The Kier molecular flexibility index (Phi) is 4.02. The van der Waals surface area contributed by atoms with Gasteiger partial charge in [-0.15, -0.1) is 0 Å². The number of hydrogen-bond acceptors (Lipinski definition) is 2. The van der Waals surface area contributed by atoms with Crippen molar-refractivity contribution in [3.05, 3.63) is 35.5 Å². The van der Waals surface area contributed by atoms with Crippen molar-refractivity contribution < 1.29 is 9.59 Å². The molecule has 4 rings (SSSR count). The zero-order chi connectivity index (χ0) is 17.6. The van der Waals surface area contributed by atoms with Crippen molar-refractivity contribution in [1.82, 2.24) is 15.2 Å². The van der Waals surface area contributed by atoms with Gasteiger partial charge in [0.05, 0.1) is 6.04 Å². The summed E-state index contributed by atoms with van der Waals surface area (Å²) < 4.78 is 0. The van der Waals surface area contributed by atoms with Gasteiger partial charge < -0.3 is 15.2 Å². The summed E-state index contributed by atoms with van der Waals surface area (Å²) in [4.78, 5) is 30.9. The number of aromatic nitrogens is 1. The van der Waals surface area contributed by atoms with E-state index in [0.717, 1.165) is 36.9 Å². The van der Waals surface area contributed by atoms with E-state index in [1.165, 1.54) is 10.9 Å². The molecule has 2 aliphatic heterocycles. The van der Waals surface area contributed by atoms with E-state index in [4.69, 9.17) is 0 Å². The molecule has 2 unspecified atom stereocenters. The van der Waals surface area contributed by atoms with Crippen LogP contribution in [0, 0.1) is 0 Å². The molecular weight excluding hydrogens is 314 g/mol. The predicted octanol–water partition coefficient (Wildman–Crippen LogP) is 3.06. The molecule has 5 heteroatoms. The number of amides is 2. The standard InChI is InChI=1S/C20H25N3O2/c1-3-4-5-10-16-18-14(13-8-6-7-9-15(13)22-18)11-17-19(24)21-12(2)20(25)23(16)17/h6-9,12,16-17,22H,3-5,10-11H2,1-2H3,(H,21,24)/t12?,16?,17-/m0/s1. The Labute approximate surface area is 147 Å². The Morgan fingerprint density at radius 2 is 2.00 bits per heavy atom. The van der Waals surface area contributed by atoms with E-state index in [2.05, 4.69) is 29.4 Å². The molecule has 1 aromatic heterocycles. The Morgan fingerprint density at radius 3 is 2.80 bits per heavy atom. The summed E-state index contributed by atoms with van der Waals surface area (Å²) >= 11 is 0. The minimum Gasteiger partial charge on any atom is -0.356 e. The molecule has 2 aromatic rings. The summed E-state index contributed by atoms with van der Waals surface area (Å²) in [5.41, 5.74) is 3.42. The molecule has 5 nitrogen and oxygen atoms in total. The minimum absolute atomic E-state index is 0.0245. The van der Waals surface area contributed by atoms with E-state index in [1.807, 2.05) is 17.0 Å². The molecule has 3 heterocycles. The molecule has 1 aromatic carbocycles. The Hall–Kier alpha value is -2.30. The second-order valence-electron chi connectivity index (χ2n) is 7.27. The van der Waals surface area contributed by atoms with Crippen molar-refractivity contribution in [2.24, 2.45) is 0 Å². The van der Waals surface area contributed by atoms with Crippen LogP contribution in [0.1, 0.15) is 56.8 Å². The van der Waals surface area contributed by atoms with E-state index in [-0.39, 0.29) is 23.9 Å². The number of rotatable bonds is 4. The molecule has 1 fully saturated rings. The first-order valence-corrected chi connectivity index (χ1v) is 9.33. The van der Waals surface area contributed by atoms with Gasteiger partial charge in [-0.05, 0) is 25.0 Å². The maximum atomic E-state index is 12.9. The molecule has 0 spiro atoms. The molecule has 25 heavy (non-hydrogen) atoms. The van der Waals surface area contributed by atoms with Crippen LogP contribution in [0.5, 0.6) is 0 Å². The van der Waals surface area contributed by atoms with Crippen LogP contribution in [0.15, 0.2) is 24.3 Å². The lowest BCUT2D eigenvalue weighted by Crippen LogP contribution is -2.65. The third-order valence-electron chi connectivity index (χ3n) is 5.62. The molecule has 1 saturated heterocycles. The van der Waals surface area contributed by atoms with Gasteiger partial charge in [0.25, 0.3) is 0 Å². The van der Waals surface area contributed by atoms with E-state index in [9.17, 15) is 9.59 Å². The van der Waals surface area contributed by atoms with Crippen LogP contribution in [0.3, 0.4) is 0 Å². The van der Waals surface area contributed by atoms with Crippen LogP contribution >= 0.6 is 0 Å². The summed E-state index contributed by atoms with van der Waals surface area (Å²) in [7, 11) is 0. The van der Waals surface area contributed by atoms with Gasteiger partial charge >= 0.3 is 0 Å². The van der Waals surface area contributed by atoms with E-state index in [0.29, 0.717) is 6.42 Å². The first kappa shape index (κ1) is 16.2. The summed E-state index contributed by atoms with van der Waals surface area (Å²) in [6, 6.07) is 7.36. The lowest BCUT2D eigenvalue weighted by atomic mass is 9.86. The largest absolute Gasteiger partial charge is 0.356 e. The quantitative estimate of drug-likeness (QED) is 0.841. The fourth-order valence-corrected chi connectivity index (χ4v) is 4.37. The predicted molar refractivity (Wildman–Crippen MR) is 97.1 cm³/mol. The minimum atomic E-state index is -0.441. The highest BCUT2D eigenvalue weighted by atomic mass is 16.2. The number of carbonyl (C=O) groups excluding carboxylic acids is 2. The van der Waals surface area contributed by atoms with Crippen LogP contribution in [0.4, 0.5) is 0 Å². The van der Waals surface area contributed by atoms with Crippen molar-refractivity contribution in [3.63, 3.8) is 0 Å². The summed E-state index contributed by atoms with van der Waals surface area (Å²) in [5.74, 6) is 0.0129. The second-order valence-corrected chi connectivity index (χ2v) is 7.27. The summed E-state index contributed by atoms with van der Waals surface area (Å²) in [6.45, 7) is 3.96. The highest BCUT2D eigenvalue weighted by Crippen LogP contribution is 2.41. The number of para-hydroxylation sites is 1. The molecule has 2 aliphatic rings. The van der Waals surface area contributed by atoms with Crippen molar-refractivity contribution in [2.75, 3.05) is 0 Å². The van der Waals surface area contributed by atoms with Gasteiger partial charge in [-0.3, -0.25) is 9.59 Å². The third kappa shape index (κ3) is 2.53. The van der Waals surface area contributed by atoms with Crippen LogP contribution in [-0.2, 0) is 16.0 Å². The fraction of sp³-hybridized carbons (Fsp3) is 0.500. The van der Waals surface area contributed by atoms with Crippen molar-refractivity contribution in [1.29, 1.82) is 0 Å². The first-order valence-electron chi connectivity index (χ1n) is 9.33. The van der Waals surface area contributed by atoms with Crippen molar-refractivity contribution in [3.8, 4) is 0 Å². The van der Waals surface area contributed by atoms with Crippen molar-refractivity contribution in [2.45, 2.75) is 64.1 Å². The number of hydrogen-bond donors (Lipinski definition) is 2. The van der Waals surface area contributed by atoms with Crippen LogP contribution in [0.25, 0.3) is 10.9 Å². The van der Waals surface area contributed by atoms with Crippen LogP contribution in [-0.4, -0.2) is 33.8 Å². The average molecular weight is 339 g/mol. The average Bonchev–Trinajstić information content (AvgIpc) is 2.98. The monoisotopic (exact) mass is 339 g/mol. The lowest BCUT2D eigenvalue weighted by Gasteiger charge is -2.45. The summed E-state index contributed by atoms with van der Waals surface area (Å²) in [6.07, 6.45) is 4.83. The Balaban J connectivity index is 1.82. The molecular formula is C20H25N3O2. The molecule has 3 atom stereocenters. The smallest absolute Gasteiger partial charge is 0.246 e. The molecule has 2 amide bonds. The Morgan fingerprint density at radius 1 is 1.20 bits per heavy atom. The summed E-state index contributed by atoms with van der Waals surface area (Å²) in [5, 5.41) is 4.02. The zero-order valence-corrected chi connectivity index (χ0v) is 14.8. The van der Waals surface area contributed by atoms with Gasteiger partial charge in [0.1, 0.15) is 12.1 Å². The number of unbranched alkanes of at least 4 members (excludes halogenated alkanes) is 2. The highest BCUT2D eigenvalue weighted by Gasteiger charge is 2.46. The van der Waals surface area contributed by atoms with E-state index in [1.54, 1.807) is 6.92 Å². The SMILES string of the molecule is CCCCCC1c2[nH]c3ccccc3c2C[C@H]2C(=O)NC(C)C(=O)N12. The maximum Gasteiger partial charge on any atom is 0.246 e. The molecule has 0 saturated carbocycles. The number of carbonyl (C=O) groups is 2. The molecule has 0 bridgehead atoms. The Bertz CT molecular complexity index is 825. The van der Waals surface area contributed by atoms with Gasteiger partial charge in [0.2, 0.25) is 11.8 Å². The third-order valence-corrected chi connectivity index (χ3v) is 5.62. The number of aromatic amines is 1. The molecule has 2 N–H and O–H groups in total. The van der Waals surface area contributed by atoms with Gasteiger partial charge in [0, 0.05) is 23.0 Å². The van der Waals surface area contributed by atoms with Crippen LogP contribution < -0.4 is 5.32 Å². The lowest BCUT2D eigenvalue weighted by molar-refractivity contribution is -0.153. The number of nitrogens with zero attached hydrogens (tertiary/aromatic N) is 1. The van der Waals surface area contributed by atoms with Gasteiger partial charge in [-0.25, -0.2) is 0 Å². The molecule has 132 valence electrons. The number of H-pyrrole nitrogens is 1. The van der Waals surface area contributed by atoms with Gasteiger partial charge in [-0.1, -0.05) is 44.4 Å². The normalized spacial score (nSPS) is 25.7. The topological polar surface area (TPSA) is 65.2 Å². The fourth-order valence-electron chi connectivity index (χ4n) is 4.37. The molecule has 0 radical (unpaired) electrons. The first-order chi connectivity index (χ1) is 12.1. The number of benzene rings is 1. The highest BCUT2D eigenvalue weighted by molar-refractivity contribution is 5.98. The number of fused-ring (bicyclic) bond motifs is 4. The maximum absolute atomic E-state index is 12.9. The van der Waals surface area contributed by atoms with Gasteiger partial charge in [-0.2, -0.15) is 0 Å². The zero-order valence-electron chi connectivity index (χ0n) is 14.8. The number of nitrogens with one attached hydrogen (secondary N) is 2. The second kappa shape index (κ2) is 6.21. The van der Waals surface area contributed by atoms with E-state index >= 15 is 0 Å². The van der Waals surface area contributed by atoms with E-state index < -0.39 is 6.04 Å². The van der Waals surface area contributed by atoms with Gasteiger partial charge in [0.15, 0.2) is 0 Å². The van der Waals surface area contributed by atoms with Crippen molar-refractivity contribution >= 4 is 22.7 Å². The number of piperazine rings is 1. The van der Waals surface area contributed by atoms with Crippen LogP contribution in [0.2, 0.25) is 0 Å².